The minimum atomic E-state index is -0.267. The molecule has 0 aliphatic carbocycles. The van der Waals surface area contributed by atoms with Crippen LogP contribution in [0.5, 0.6) is 0 Å². The van der Waals surface area contributed by atoms with Gasteiger partial charge in [-0.1, -0.05) is 13.8 Å². The smallest absolute Gasteiger partial charge is 0.256 e. The third kappa shape index (κ3) is 1.82. The molecule has 2 aromatic rings. The van der Waals surface area contributed by atoms with Gasteiger partial charge < -0.3 is 10.3 Å². The van der Waals surface area contributed by atoms with E-state index in [1.54, 1.807) is 4.52 Å². The van der Waals surface area contributed by atoms with Crippen LogP contribution in [0.25, 0.3) is 5.65 Å². The Hall–Kier alpha value is -2.11. The Bertz CT molecular complexity index is 624. The van der Waals surface area contributed by atoms with Crippen LogP contribution in [0.3, 0.4) is 0 Å². The lowest BCUT2D eigenvalue weighted by molar-refractivity contribution is 0.0964. The molecule has 2 rings (SSSR count). The maximum absolute atomic E-state index is 11.6. The van der Waals surface area contributed by atoms with Crippen molar-refractivity contribution in [2.45, 2.75) is 19.8 Å². The van der Waals surface area contributed by atoms with Gasteiger partial charge in [0.25, 0.3) is 11.5 Å². The topological polar surface area (TPSA) is 79.3 Å². The second kappa shape index (κ2) is 4.04. The number of carbonyl (C=O) groups is 1. The molecule has 6 nitrogen and oxygen atoms in total. The van der Waals surface area contributed by atoms with E-state index >= 15 is 0 Å². The van der Waals surface area contributed by atoms with Gasteiger partial charge in [0.15, 0.2) is 0 Å². The van der Waals surface area contributed by atoms with E-state index in [2.05, 4.69) is 15.4 Å². The van der Waals surface area contributed by atoms with Crippen molar-refractivity contribution in [1.82, 2.24) is 19.9 Å². The average molecular weight is 234 g/mol. The van der Waals surface area contributed by atoms with Crippen LogP contribution in [-0.4, -0.2) is 27.6 Å². The molecule has 90 valence electrons. The number of aromatic nitrogens is 3. The molecule has 0 aliphatic rings. The number of carbonyl (C=O) groups excluding carboxylic acids is 1. The number of hydrogen-bond donors (Lipinski definition) is 2. The number of rotatable bonds is 2. The summed E-state index contributed by atoms with van der Waals surface area (Å²) in [5.41, 5.74) is 1.35. The lowest BCUT2D eigenvalue weighted by atomic mass is 10.1. The second-order valence-electron chi connectivity index (χ2n) is 4.11. The highest BCUT2D eigenvalue weighted by Crippen LogP contribution is 2.15. The van der Waals surface area contributed by atoms with E-state index in [1.165, 1.54) is 19.3 Å². The summed E-state index contributed by atoms with van der Waals surface area (Å²) in [7, 11) is 1.54. The monoisotopic (exact) mass is 234 g/mol. The average Bonchev–Trinajstić information content (AvgIpc) is 2.70. The van der Waals surface area contributed by atoms with Gasteiger partial charge in [0.1, 0.15) is 11.2 Å². The van der Waals surface area contributed by atoms with E-state index in [9.17, 15) is 9.59 Å². The summed E-state index contributed by atoms with van der Waals surface area (Å²) < 4.78 is 1.59. The second-order valence-corrected chi connectivity index (χ2v) is 4.11. The Balaban J connectivity index is 2.78. The minimum absolute atomic E-state index is 0.150. The first-order valence-corrected chi connectivity index (χ1v) is 5.37. The molecule has 6 heteroatoms. The highest BCUT2D eigenvalue weighted by Gasteiger charge is 2.15. The van der Waals surface area contributed by atoms with Crippen molar-refractivity contribution in [3.8, 4) is 0 Å². The number of aromatic amines is 1. The van der Waals surface area contributed by atoms with Gasteiger partial charge in [-0.15, -0.1) is 0 Å². The fourth-order valence-electron chi connectivity index (χ4n) is 1.72. The first-order valence-electron chi connectivity index (χ1n) is 5.37. The van der Waals surface area contributed by atoms with Gasteiger partial charge >= 0.3 is 0 Å². The highest BCUT2D eigenvalue weighted by atomic mass is 16.1. The summed E-state index contributed by atoms with van der Waals surface area (Å²) in [6, 6.07) is 1.50. The molecule has 17 heavy (non-hydrogen) atoms. The SMILES string of the molecule is CNC(=O)c1cnn2c(C(C)C)cc(=O)[nH]c12. The van der Waals surface area contributed by atoms with E-state index in [1.807, 2.05) is 13.8 Å². The van der Waals surface area contributed by atoms with E-state index in [0.717, 1.165) is 5.69 Å². The summed E-state index contributed by atoms with van der Waals surface area (Å²) in [4.78, 5) is 25.8. The van der Waals surface area contributed by atoms with Crippen LogP contribution in [0, 0.1) is 0 Å². The van der Waals surface area contributed by atoms with Crippen LogP contribution < -0.4 is 10.9 Å². The zero-order valence-corrected chi connectivity index (χ0v) is 9.94. The number of nitrogens with one attached hydrogen (secondary N) is 2. The zero-order valence-electron chi connectivity index (χ0n) is 9.94. The third-order valence-corrected chi connectivity index (χ3v) is 2.60. The van der Waals surface area contributed by atoms with Gasteiger partial charge in [0, 0.05) is 13.1 Å². The van der Waals surface area contributed by atoms with Crippen molar-refractivity contribution in [2.75, 3.05) is 7.05 Å². The Labute approximate surface area is 97.7 Å². The summed E-state index contributed by atoms with van der Waals surface area (Å²) in [6.45, 7) is 3.94. The van der Waals surface area contributed by atoms with Crippen LogP contribution >= 0.6 is 0 Å². The van der Waals surface area contributed by atoms with Crippen molar-refractivity contribution in [3.63, 3.8) is 0 Å². The lowest BCUT2D eigenvalue weighted by Crippen LogP contribution is -2.19. The Morgan fingerprint density at radius 1 is 1.53 bits per heavy atom. The maximum Gasteiger partial charge on any atom is 0.256 e. The van der Waals surface area contributed by atoms with Gasteiger partial charge in [-0.05, 0) is 5.92 Å². The molecule has 0 aromatic carbocycles. The summed E-state index contributed by atoms with van der Waals surface area (Å²) >= 11 is 0. The largest absolute Gasteiger partial charge is 0.355 e. The molecule has 0 atom stereocenters. The van der Waals surface area contributed by atoms with Crippen molar-refractivity contribution >= 4 is 11.6 Å². The molecule has 0 aliphatic heterocycles. The van der Waals surface area contributed by atoms with E-state index in [4.69, 9.17) is 0 Å². The fraction of sp³-hybridized carbons (Fsp3) is 0.364. The van der Waals surface area contributed by atoms with E-state index in [-0.39, 0.29) is 17.4 Å². The van der Waals surface area contributed by atoms with Crippen molar-refractivity contribution in [3.05, 3.63) is 33.9 Å². The first kappa shape index (κ1) is 11.4. The standard InChI is InChI=1S/C11H14N4O2/c1-6(2)8-4-9(16)14-10-7(11(17)12-3)5-13-15(8)10/h4-6H,1-3H3,(H,12,17)(H,14,16). The minimum Gasteiger partial charge on any atom is -0.355 e. The maximum atomic E-state index is 11.6. The molecule has 2 heterocycles. The number of nitrogens with zero attached hydrogens (tertiary/aromatic N) is 2. The van der Waals surface area contributed by atoms with Gasteiger partial charge in [-0.3, -0.25) is 9.59 Å². The molecule has 2 aromatic heterocycles. The molecule has 0 saturated carbocycles. The van der Waals surface area contributed by atoms with Crippen LogP contribution in [0.1, 0.15) is 35.8 Å². The summed E-state index contributed by atoms with van der Waals surface area (Å²) in [5, 5.41) is 6.65. The Kier molecular flexibility index (Phi) is 2.71. The Morgan fingerprint density at radius 3 is 2.82 bits per heavy atom. The zero-order chi connectivity index (χ0) is 12.6. The van der Waals surface area contributed by atoms with Gasteiger partial charge in [-0.25, -0.2) is 4.52 Å². The molecule has 0 saturated heterocycles. The predicted octanol–water partition coefficient (Wildman–Crippen LogP) is 0.506. The van der Waals surface area contributed by atoms with Crippen LogP contribution in [0.2, 0.25) is 0 Å². The van der Waals surface area contributed by atoms with Crippen molar-refractivity contribution in [2.24, 2.45) is 0 Å². The number of amides is 1. The highest BCUT2D eigenvalue weighted by molar-refractivity contribution is 5.99. The van der Waals surface area contributed by atoms with Gasteiger partial charge in [-0.2, -0.15) is 5.10 Å². The summed E-state index contributed by atoms with van der Waals surface area (Å²) in [6.07, 6.45) is 1.45. The van der Waals surface area contributed by atoms with Gasteiger partial charge in [0.05, 0.1) is 11.9 Å². The van der Waals surface area contributed by atoms with Crippen molar-refractivity contribution < 1.29 is 4.79 Å². The number of hydrogen-bond acceptors (Lipinski definition) is 3. The molecule has 0 unspecified atom stereocenters. The molecule has 1 amide bonds. The Morgan fingerprint density at radius 2 is 2.24 bits per heavy atom. The number of H-pyrrole nitrogens is 1. The van der Waals surface area contributed by atoms with E-state index < -0.39 is 0 Å². The van der Waals surface area contributed by atoms with Crippen LogP contribution in [-0.2, 0) is 0 Å². The molecular weight excluding hydrogens is 220 g/mol. The third-order valence-electron chi connectivity index (χ3n) is 2.60. The first-order chi connectivity index (χ1) is 8.04. The van der Waals surface area contributed by atoms with Crippen LogP contribution in [0.4, 0.5) is 0 Å². The molecule has 0 fully saturated rings. The molecule has 0 bridgehead atoms. The normalized spacial score (nSPS) is 11.1. The molecule has 2 N–H and O–H groups in total. The van der Waals surface area contributed by atoms with Gasteiger partial charge in [0.2, 0.25) is 0 Å². The molecule has 0 radical (unpaired) electrons. The molecular formula is C11H14N4O2. The fourth-order valence-corrected chi connectivity index (χ4v) is 1.72. The quantitative estimate of drug-likeness (QED) is 0.794. The van der Waals surface area contributed by atoms with Crippen molar-refractivity contribution in [1.29, 1.82) is 0 Å². The molecule has 0 spiro atoms. The number of fused-ring (bicyclic) bond motifs is 1. The lowest BCUT2D eigenvalue weighted by Gasteiger charge is -2.07. The summed E-state index contributed by atoms with van der Waals surface area (Å²) in [5.74, 6) is -0.117. The van der Waals surface area contributed by atoms with Crippen LogP contribution in [0.15, 0.2) is 17.1 Å². The van der Waals surface area contributed by atoms with E-state index in [0.29, 0.717) is 11.2 Å². The predicted molar refractivity (Wildman–Crippen MR) is 63.3 cm³/mol.